The van der Waals surface area contributed by atoms with E-state index in [1.807, 2.05) is 32.9 Å². The molecular formula is C34H45N4O4S. The SMILES string of the molecule is CCN(c1cc(-c2ccc(CN3CCOCC3)cc2)cc(C(=O)NCc2c(C)cc(C)[nH]c2=O)c1C)C1CC[S](O)CC1. The van der Waals surface area contributed by atoms with Crippen molar-refractivity contribution in [3.63, 3.8) is 0 Å². The van der Waals surface area contributed by atoms with Gasteiger partial charge in [0, 0.05) is 72.8 Å². The van der Waals surface area contributed by atoms with Crippen LogP contribution in [0, 0.1) is 20.8 Å². The number of morpholine rings is 1. The summed E-state index contributed by atoms with van der Waals surface area (Å²) < 4.78 is 15.7. The molecule has 2 aliphatic heterocycles. The maximum atomic E-state index is 13.8. The smallest absolute Gasteiger partial charge is 0.253 e. The lowest BCUT2D eigenvalue weighted by atomic mass is 9.95. The Kier molecular flexibility index (Phi) is 10.3. The van der Waals surface area contributed by atoms with Crippen LogP contribution in [-0.2, 0) is 17.8 Å². The van der Waals surface area contributed by atoms with Crippen molar-refractivity contribution < 1.29 is 14.1 Å². The summed E-state index contributed by atoms with van der Waals surface area (Å²) in [5, 5.41) is 3.03. The molecule has 3 heterocycles. The van der Waals surface area contributed by atoms with Gasteiger partial charge in [-0.25, -0.2) is 0 Å². The molecular weight excluding hydrogens is 560 g/mol. The van der Waals surface area contributed by atoms with Gasteiger partial charge in [-0.3, -0.25) is 14.5 Å². The number of aromatic amines is 1. The first-order chi connectivity index (χ1) is 20.7. The van der Waals surface area contributed by atoms with Crippen molar-refractivity contribution in [1.82, 2.24) is 15.2 Å². The number of amides is 1. The lowest BCUT2D eigenvalue weighted by Gasteiger charge is -2.38. The summed E-state index contributed by atoms with van der Waals surface area (Å²) in [4.78, 5) is 34.1. The van der Waals surface area contributed by atoms with Crippen molar-refractivity contribution in [2.75, 3.05) is 49.3 Å². The van der Waals surface area contributed by atoms with E-state index in [0.717, 1.165) is 97.4 Å². The Morgan fingerprint density at radius 1 is 1.07 bits per heavy atom. The van der Waals surface area contributed by atoms with Crippen LogP contribution in [0.15, 0.2) is 47.3 Å². The molecule has 2 aliphatic rings. The van der Waals surface area contributed by atoms with Gasteiger partial charge in [-0.15, -0.1) is 0 Å². The van der Waals surface area contributed by atoms with Gasteiger partial charge in [0.2, 0.25) is 0 Å². The molecule has 0 unspecified atom stereocenters. The number of carbonyl (C=O) groups excluding carboxylic acids is 1. The number of ether oxygens (including phenoxy) is 1. The molecule has 43 heavy (non-hydrogen) atoms. The average Bonchev–Trinajstić information content (AvgIpc) is 2.99. The molecule has 1 radical (unpaired) electrons. The van der Waals surface area contributed by atoms with Crippen molar-refractivity contribution in [1.29, 1.82) is 0 Å². The van der Waals surface area contributed by atoms with Crippen LogP contribution < -0.4 is 15.8 Å². The lowest BCUT2D eigenvalue weighted by molar-refractivity contribution is 0.0342. The van der Waals surface area contributed by atoms with Crippen LogP contribution in [0.2, 0.25) is 0 Å². The number of hydrogen-bond donors (Lipinski definition) is 3. The van der Waals surface area contributed by atoms with E-state index in [4.69, 9.17) is 4.74 Å². The third-order valence-electron chi connectivity index (χ3n) is 8.81. The van der Waals surface area contributed by atoms with E-state index < -0.39 is 11.2 Å². The highest BCUT2D eigenvalue weighted by molar-refractivity contribution is 8.12. The summed E-state index contributed by atoms with van der Waals surface area (Å²) in [6.07, 6.45) is 1.87. The molecule has 0 bridgehead atoms. The second-order valence-electron chi connectivity index (χ2n) is 11.8. The number of nitrogens with zero attached hydrogens (tertiary/aromatic N) is 2. The van der Waals surface area contributed by atoms with Gasteiger partial charge in [0.25, 0.3) is 11.5 Å². The summed E-state index contributed by atoms with van der Waals surface area (Å²) >= 11 is -0.498. The molecule has 1 aromatic heterocycles. The van der Waals surface area contributed by atoms with Crippen LogP contribution in [-0.4, -0.2) is 70.7 Å². The van der Waals surface area contributed by atoms with Crippen LogP contribution in [0.5, 0.6) is 0 Å². The Morgan fingerprint density at radius 2 is 1.77 bits per heavy atom. The molecule has 5 rings (SSSR count). The number of H-pyrrole nitrogens is 1. The largest absolute Gasteiger partial charge is 0.379 e. The zero-order valence-corrected chi connectivity index (χ0v) is 26.7. The quantitative estimate of drug-likeness (QED) is 0.300. The van der Waals surface area contributed by atoms with Crippen LogP contribution in [0.1, 0.15) is 58.1 Å². The highest BCUT2D eigenvalue weighted by Crippen LogP contribution is 2.37. The monoisotopic (exact) mass is 605 g/mol. The Morgan fingerprint density at radius 3 is 2.42 bits per heavy atom. The van der Waals surface area contributed by atoms with Gasteiger partial charge in [0.1, 0.15) is 0 Å². The van der Waals surface area contributed by atoms with Crippen molar-refractivity contribution in [2.45, 2.75) is 59.7 Å². The summed E-state index contributed by atoms with van der Waals surface area (Å²) in [6, 6.07) is 15.1. The summed E-state index contributed by atoms with van der Waals surface area (Å²) in [5.74, 6) is 1.45. The van der Waals surface area contributed by atoms with Crippen molar-refractivity contribution in [2.24, 2.45) is 0 Å². The predicted molar refractivity (Wildman–Crippen MR) is 176 cm³/mol. The van der Waals surface area contributed by atoms with Crippen LogP contribution in [0.25, 0.3) is 11.1 Å². The number of pyridine rings is 1. The van der Waals surface area contributed by atoms with Gasteiger partial charge in [-0.05, 0) is 86.6 Å². The number of carbonyl (C=O) groups is 1. The molecule has 1 amide bonds. The molecule has 0 atom stereocenters. The molecule has 0 saturated carbocycles. The normalized spacial score (nSPS) is 16.8. The Hall–Kier alpha value is -3.11. The fourth-order valence-corrected chi connectivity index (χ4v) is 7.60. The minimum absolute atomic E-state index is 0.161. The fraction of sp³-hybridized carbons (Fsp3) is 0.471. The number of rotatable bonds is 9. The number of aromatic nitrogens is 1. The first-order valence-corrected chi connectivity index (χ1v) is 16.9. The molecule has 2 aromatic carbocycles. The van der Waals surface area contributed by atoms with Gasteiger partial charge >= 0.3 is 0 Å². The molecule has 9 heteroatoms. The Balaban J connectivity index is 1.46. The van der Waals surface area contributed by atoms with E-state index in [0.29, 0.717) is 17.2 Å². The first-order valence-electron chi connectivity index (χ1n) is 15.4. The van der Waals surface area contributed by atoms with Gasteiger partial charge in [0.05, 0.1) is 13.2 Å². The van der Waals surface area contributed by atoms with E-state index in [-0.39, 0.29) is 18.0 Å². The minimum atomic E-state index is -0.498. The van der Waals surface area contributed by atoms with Gasteiger partial charge < -0.3 is 24.5 Å². The summed E-state index contributed by atoms with van der Waals surface area (Å²) in [6.45, 7) is 13.3. The van der Waals surface area contributed by atoms with E-state index in [2.05, 4.69) is 57.4 Å². The Bertz CT molecular complexity index is 1470. The standard InChI is InChI=1S/C34H45N4O4S/c1-5-38(29-10-16-43(41)17-11-29)32-20-28(27-8-6-26(7-9-27)22-37-12-14-42-15-13-37)19-30(25(32)4)33(39)35-21-31-23(2)18-24(3)36-34(31)40/h6-9,18-20,29,41H,5,10-17,21-22H2,1-4H3,(H,35,39)(H,36,40). The molecule has 0 aliphatic carbocycles. The van der Waals surface area contributed by atoms with E-state index in [9.17, 15) is 14.1 Å². The van der Waals surface area contributed by atoms with Crippen molar-refractivity contribution in [3.05, 3.63) is 86.3 Å². The second kappa shape index (κ2) is 14.1. The molecule has 231 valence electrons. The number of aryl methyl sites for hydroxylation is 2. The average molecular weight is 606 g/mol. The third kappa shape index (κ3) is 7.52. The van der Waals surface area contributed by atoms with E-state index >= 15 is 0 Å². The topological polar surface area (TPSA) is 97.9 Å². The molecule has 0 spiro atoms. The van der Waals surface area contributed by atoms with Gasteiger partial charge in [-0.1, -0.05) is 35.4 Å². The van der Waals surface area contributed by atoms with Crippen LogP contribution in [0.3, 0.4) is 0 Å². The van der Waals surface area contributed by atoms with Gasteiger partial charge in [-0.2, -0.15) is 0 Å². The number of hydrogen-bond acceptors (Lipinski definition) is 6. The highest BCUT2D eigenvalue weighted by Gasteiger charge is 2.27. The molecule has 2 fully saturated rings. The Labute approximate surface area is 258 Å². The number of nitrogens with one attached hydrogen (secondary N) is 2. The maximum absolute atomic E-state index is 13.8. The number of anilines is 1. The predicted octanol–water partition coefficient (Wildman–Crippen LogP) is 5.46. The summed E-state index contributed by atoms with van der Waals surface area (Å²) in [7, 11) is 0. The lowest BCUT2D eigenvalue weighted by Crippen LogP contribution is -2.39. The van der Waals surface area contributed by atoms with Gasteiger partial charge in [0.15, 0.2) is 0 Å². The molecule has 8 nitrogen and oxygen atoms in total. The third-order valence-corrected chi connectivity index (χ3v) is 10.2. The zero-order chi connectivity index (χ0) is 30.5. The number of benzene rings is 2. The van der Waals surface area contributed by atoms with Crippen LogP contribution >= 0.6 is 11.2 Å². The van der Waals surface area contributed by atoms with Crippen molar-refractivity contribution in [3.8, 4) is 11.1 Å². The zero-order valence-electron chi connectivity index (χ0n) is 25.9. The fourth-order valence-electron chi connectivity index (χ4n) is 6.31. The molecule has 3 aromatic rings. The minimum Gasteiger partial charge on any atom is -0.379 e. The summed E-state index contributed by atoms with van der Waals surface area (Å²) in [5.41, 5.74) is 7.96. The second-order valence-corrected chi connectivity index (χ2v) is 13.5. The maximum Gasteiger partial charge on any atom is 0.253 e. The molecule has 2 saturated heterocycles. The van der Waals surface area contributed by atoms with Crippen LogP contribution in [0.4, 0.5) is 5.69 Å². The van der Waals surface area contributed by atoms with E-state index in [1.165, 1.54) is 5.56 Å². The van der Waals surface area contributed by atoms with E-state index in [1.54, 1.807) is 0 Å². The first kappa shape index (κ1) is 31.3. The highest BCUT2D eigenvalue weighted by atomic mass is 32.2. The molecule has 3 N–H and O–H groups in total. The van der Waals surface area contributed by atoms with Crippen molar-refractivity contribution >= 4 is 22.8 Å².